The van der Waals surface area contributed by atoms with Crippen LogP contribution in [0.4, 0.5) is 26.3 Å². The van der Waals surface area contributed by atoms with Crippen molar-refractivity contribution in [3.05, 3.63) is 208 Å². The first-order chi connectivity index (χ1) is 31.5. The van der Waals surface area contributed by atoms with E-state index in [1.807, 2.05) is 0 Å². The van der Waals surface area contributed by atoms with E-state index in [0.717, 1.165) is 65.8 Å². The average molecular weight is 905 g/mol. The lowest BCUT2D eigenvalue weighted by Crippen LogP contribution is -2.73. The van der Waals surface area contributed by atoms with Gasteiger partial charge in [0.05, 0.1) is 11.1 Å². The van der Waals surface area contributed by atoms with Gasteiger partial charge >= 0.3 is 12.4 Å². The molecule has 0 saturated heterocycles. The minimum absolute atomic E-state index is 0.149. The number of allylic oxidation sites excluding steroid dienone is 10. The maximum absolute atomic E-state index is 13.7. The Kier molecular flexibility index (Phi) is 10.1. The number of halogens is 6. The highest BCUT2D eigenvalue weighted by Gasteiger charge is 2.77. The Bertz CT molecular complexity index is 2810. The molecule has 10 rings (SSSR count). The van der Waals surface area contributed by atoms with Crippen molar-refractivity contribution >= 4 is 5.57 Å². The van der Waals surface area contributed by atoms with E-state index in [1.54, 1.807) is 24.3 Å². The summed E-state index contributed by atoms with van der Waals surface area (Å²) in [5.74, 6) is 0.0855. The molecule has 0 amide bonds. The van der Waals surface area contributed by atoms with Gasteiger partial charge in [-0.05, 0) is 127 Å². The van der Waals surface area contributed by atoms with Crippen LogP contribution in [0.15, 0.2) is 175 Å². The molecule has 3 unspecified atom stereocenters. The first-order valence-corrected chi connectivity index (χ1v) is 23.7. The van der Waals surface area contributed by atoms with Crippen molar-refractivity contribution in [2.45, 2.75) is 92.4 Å². The molecule has 67 heavy (non-hydrogen) atoms. The van der Waals surface area contributed by atoms with Gasteiger partial charge in [0, 0.05) is 22.2 Å². The van der Waals surface area contributed by atoms with E-state index in [9.17, 15) is 26.3 Å². The van der Waals surface area contributed by atoms with Crippen LogP contribution in [0.1, 0.15) is 102 Å². The summed E-state index contributed by atoms with van der Waals surface area (Å²) in [6, 6.07) is 36.8. The number of benzene rings is 5. The number of alkyl halides is 6. The molecule has 0 bridgehead atoms. The van der Waals surface area contributed by atoms with Crippen LogP contribution in [0, 0.1) is 38.9 Å². The SMILES string of the molecule is CC12C(=C3Cc4ccccc4C3=C3C=CCCC31)C(C)(C(c1ccc(-c3ccc(C(F)(F)F)cc3)cc1)(c1ccc(-c3ccc(C(F)(F)F)cc3)cc1)C1C=CC=C1)C(C)(C)C(C)(C)C2(C)C. The van der Waals surface area contributed by atoms with Gasteiger partial charge in [-0.25, -0.2) is 0 Å². The molecule has 0 radical (unpaired) electrons. The first-order valence-electron chi connectivity index (χ1n) is 23.7. The third-order valence-electron chi connectivity index (χ3n) is 19.0. The fraction of sp³-hybridized carbons (Fsp3) is 0.344. The third-order valence-corrected chi connectivity index (χ3v) is 19.0. The van der Waals surface area contributed by atoms with Crippen molar-refractivity contribution in [1.29, 1.82) is 0 Å². The predicted octanol–water partition coefficient (Wildman–Crippen LogP) is 17.5. The monoisotopic (exact) mass is 904 g/mol. The molecule has 3 atom stereocenters. The van der Waals surface area contributed by atoms with Crippen LogP contribution in [0.3, 0.4) is 0 Å². The highest BCUT2D eigenvalue weighted by Crippen LogP contribution is 2.83. The normalized spacial score (nSPS) is 25.0. The summed E-state index contributed by atoms with van der Waals surface area (Å²) >= 11 is 0. The van der Waals surface area contributed by atoms with E-state index in [-0.39, 0.29) is 28.1 Å². The second-order valence-electron chi connectivity index (χ2n) is 21.7. The summed E-state index contributed by atoms with van der Waals surface area (Å²) in [6.45, 7) is 20.2. The number of fused-ring (bicyclic) bond motifs is 6. The molecule has 0 nitrogen and oxygen atoms in total. The Morgan fingerprint density at radius 3 is 1.42 bits per heavy atom. The van der Waals surface area contributed by atoms with Gasteiger partial charge in [0.15, 0.2) is 0 Å². The zero-order valence-electron chi connectivity index (χ0n) is 39.6. The lowest BCUT2D eigenvalue weighted by Gasteiger charge is -2.78. The van der Waals surface area contributed by atoms with Crippen LogP contribution in [0.25, 0.3) is 27.8 Å². The molecular formula is C61H58F6. The molecule has 0 heterocycles. The van der Waals surface area contributed by atoms with Crippen LogP contribution in [0.2, 0.25) is 0 Å². The van der Waals surface area contributed by atoms with E-state index in [0.29, 0.717) is 11.1 Å². The standard InChI is InChI=1S/C61H58F6/c1-54(2)55(3,4)57(7)51-20-14-13-19-49(51)52-48-18-12-9-15-42(48)37-50(52)53(57)58(8,56(54,5)6)59(43-16-10-11-17-43,44-29-21-38(22-30-44)40-25-33-46(34-26-40)60(62,63)64)45-31-23-39(24-32-45)41-27-35-47(36-28-41)61(65,66)67/h9-13,15-19,21-36,43,51H,14,20,37H2,1-8H3. The minimum atomic E-state index is -4.44. The van der Waals surface area contributed by atoms with Gasteiger partial charge in [-0.2, -0.15) is 26.3 Å². The summed E-state index contributed by atoms with van der Waals surface area (Å²) in [5, 5.41) is 0. The van der Waals surface area contributed by atoms with Gasteiger partial charge in [0.25, 0.3) is 0 Å². The van der Waals surface area contributed by atoms with Crippen LogP contribution < -0.4 is 0 Å². The third kappa shape index (κ3) is 6.05. The van der Waals surface area contributed by atoms with Gasteiger partial charge in [-0.1, -0.05) is 194 Å². The maximum Gasteiger partial charge on any atom is 0.416 e. The van der Waals surface area contributed by atoms with E-state index in [2.05, 4.69) is 165 Å². The molecule has 5 aromatic carbocycles. The summed E-state index contributed by atoms with van der Waals surface area (Å²) in [5.41, 5.74) is 9.46. The van der Waals surface area contributed by atoms with Crippen molar-refractivity contribution in [2.75, 3.05) is 0 Å². The molecule has 5 aliphatic rings. The van der Waals surface area contributed by atoms with Crippen LogP contribution >= 0.6 is 0 Å². The van der Waals surface area contributed by atoms with Gasteiger partial charge < -0.3 is 0 Å². The molecule has 5 aliphatic carbocycles. The van der Waals surface area contributed by atoms with E-state index in [1.165, 1.54) is 33.4 Å². The van der Waals surface area contributed by atoms with Gasteiger partial charge in [-0.3, -0.25) is 0 Å². The van der Waals surface area contributed by atoms with Crippen molar-refractivity contribution in [2.24, 2.45) is 38.9 Å². The molecule has 0 spiro atoms. The molecule has 344 valence electrons. The number of hydrogen-bond donors (Lipinski definition) is 0. The van der Waals surface area contributed by atoms with Crippen molar-refractivity contribution in [3.8, 4) is 22.3 Å². The smallest absolute Gasteiger partial charge is 0.166 e. The molecule has 0 N–H and O–H groups in total. The molecular weight excluding hydrogens is 847 g/mol. The Morgan fingerprint density at radius 1 is 0.507 bits per heavy atom. The topological polar surface area (TPSA) is 0 Å². The molecule has 1 saturated carbocycles. The lowest BCUT2D eigenvalue weighted by atomic mass is 9.25. The largest absolute Gasteiger partial charge is 0.416 e. The Labute approximate surface area is 391 Å². The molecule has 0 aromatic heterocycles. The van der Waals surface area contributed by atoms with E-state index < -0.39 is 39.7 Å². The summed E-state index contributed by atoms with van der Waals surface area (Å²) < 4.78 is 82.2. The Morgan fingerprint density at radius 2 is 0.955 bits per heavy atom. The zero-order chi connectivity index (χ0) is 47.7. The quantitative estimate of drug-likeness (QED) is 0.149. The second kappa shape index (κ2) is 14.9. The average Bonchev–Trinajstić information content (AvgIpc) is 3.98. The van der Waals surface area contributed by atoms with Crippen molar-refractivity contribution in [3.63, 3.8) is 0 Å². The fourth-order valence-electron chi connectivity index (χ4n) is 14.4. The molecule has 6 heteroatoms. The number of rotatable bonds is 6. The molecule has 5 aromatic rings. The lowest BCUT2D eigenvalue weighted by molar-refractivity contribution is -0.212. The van der Waals surface area contributed by atoms with Gasteiger partial charge in [0.1, 0.15) is 0 Å². The fourth-order valence-corrected chi connectivity index (χ4v) is 14.4. The van der Waals surface area contributed by atoms with Crippen LogP contribution in [0.5, 0.6) is 0 Å². The Hall–Kier alpha value is -5.62. The first kappa shape index (κ1) is 45.2. The second-order valence-corrected chi connectivity index (χ2v) is 21.7. The number of hydrogen-bond acceptors (Lipinski definition) is 0. The summed E-state index contributed by atoms with van der Waals surface area (Å²) in [6.07, 6.45) is 7.73. The highest BCUT2D eigenvalue weighted by molar-refractivity contribution is 5.93. The van der Waals surface area contributed by atoms with Gasteiger partial charge in [-0.15, -0.1) is 0 Å². The summed E-state index contributed by atoms with van der Waals surface area (Å²) in [7, 11) is 0. The minimum Gasteiger partial charge on any atom is -0.166 e. The van der Waals surface area contributed by atoms with E-state index >= 15 is 0 Å². The molecule has 0 aliphatic heterocycles. The molecule has 1 fully saturated rings. The zero-order valence-corrected chi connectivity index (χ0v) is 39.6. The van der Waals surface area contributed by atoms with Crippen LogP contribution in [-0.2, 0) is 24.2 Å². The Balaban J connectivity index is 1.31. The summed E-state index contributed by atoms with van der Waals surface area (Å²) in [4.78, 5) is 0. The van der Waals surface area contributed by atoms with Gasteiger partial charge in [0.2, 0.25) is 0 Å². The van der Waals surface area contributed by atoms with Crippen molar-refractivity contribution in [1.82, 2.24) is 0 Å². The van der Waals surface area contributed by atoms with Crippen LogP contribution in [-0.4, -0.2) is 0 Å². The predicted molar refractivity (Wildman–Crippen MR) is 260 cm³/mol. The maximum atomic E-state index is 13.7. The van der Waals surface area contributed by atoms with Crippen molar-refractivity contribution < 1.29 is 26.3 Å². The van der Waals surface area contributed by atoms with E-state index in [4.69, 9.17) is 0 Å². The highest BCUT2D eigenvalue weighted by atomic mass is 19.4.